The molecular weight excluding hydrogens is 230 g/mol. The number of carbonyl (C=O) groups excluding carboxylic acids is 1. The number of ether oxygens (including phenoxy) is 1. The van der Waals surface area contributed by atoms with Crippen molar-refractivity contribution in [2.24, 2.45) is 0 Å². The summed E-state index contributed by atoms with van der Waals surface area (Å²) in [6, 6.07) is 6.79. The quantitative estimate of drug-likeness (QED) is 0.608. The highest BCUT2D eigenvalue weighted by molar-refractivity contribution is 7.97. The number of hydrogen-bond acceptors (Lipinski definition) is 4. The lowest BCUT2D eigenvalue weighted by Gasteiger charge is -2.03. The van der Waals surface area contributed by atoms with Crippen LogP contribution in [0.5, 0.6) is 5.75 Å². The first kappa shape index (κ1) is 12.5. The van der Waals surface area contributed by atoms with Gasteiger partial charge >= 0.3 is 0 Å². The van der Waals surface area contributed by atoms with Gasteiger partial charge in [0.15, 0.2) is 0 Å². The molecule has 0 bridgehead atoms. The molecule has 0 heterocycles. The second kappa shape index (κ2) is 5.53. The predicted molar refractivity (Wildman–Crippen MR) is 60.2 cm³/mol. The van der Waals surface area contributed by atoms with Gasteiger partial charge in [0.05, 0.1) is 12.8 Å². The Balaban J connectivity index is 2.70. The van der Waals surface area contributed by atoms with Gasteiger partial charge in [-0.2, -0.15) is 0 Å². The molecule has 0 saturated heterocycles. The minimum absolute atomic E-state index is 0.0368. The van der Waals surface area contributed by atoms with Crippen LogP contribution in [-0.2, 0) is 22.3 Å². The molecule has 2 N–H and O–H groups in total. The fourth-order valence-corrected chi connectivity index (χ4v) is 1.41. The Morgan fingerprint density at radius 2 is 2.00 bits per heavy atom. The Bertz CT molecular complexity index is 427. The second-order valence-corrected chi connectivity index (χ2v) is 3.91. The third-order valence-corrected chi connectivity index (χ3v) is 2.51. The van der Waals surface area contributed by atoms with Crippen LogP contribution in [0.15, 0.2) is 24.3 Å². The predicted octanol–water partition coefficient (Wildman–Crippen LogP) is 1.01. The first-order chi connectivity index (χ1) is 7.54. The van der Waals surface area contributed by atoms with Crippen LogP contribution in [0.1, 0.15) is 5.56 Å². The van der Waals surface area contributed by atoms with Gasteiger partial charge in [-0.15, -0.1) is 0 Å². The maximum Gasteiger partial charge on any atom is 0.290 e. The summed E-state index contributed by atoms with van der Waals surface area (Å²) in [5.41, 5.74) is 0.329. The Labute approximate surface area is 95.2 Å². The van der Waals surface area contributed by atoms with Crippen molar-refractivity contribution in [1.29, 1.82) is 5.41 Å². The van der Waals surface area contributed by atoms with Crippen LogP contribution in [0.2, 0.25) is 0 Å². The maximum atomic E-state index is 11.0. The summed E-state index contributed by atoms with van der Waals surface area (Å²) in [6.45, 7) is 0. The molecule has 1 unspecified atom stereocenters. The zero-order valence-corrected chi connectivity index (χ0v) is 9.41. The highest BCUT2D eigenvalue weighted by atomic mass is 32.2. The first-order valence-electron chi connectivity index (χ1n) is 4.40. The molecule has 1 atom stereocenters. The van der Waals surface area contributed by atoms with E-state index in [0.29, 0.717) is 11.3 Å². The van der Waals surface area contributed by atoms with E-state index < -0.39 is 16.2 Å². The molecule has 0 saturated carbocycles. The molecule has 16 heavy (non-hydrogen) atoms. The van der Waals surface area contributed by atoms with Crippen molar-refractivity contribution in [3.05, 3.63) is 29.8 Å². The normalized spacial score (nSPS) is 11.9. The smallest absolute Gasteiger partial charge is 0.290 e. The molecule has 0 spiro atoms. The van der Waals surface area contributed by atoms with Gasteiger partial charge in [0.2, 0.25) is 11.1 Å². The van der Waals surface area contributed by atoms with Crippen LogP contribution in [0, 0.1) is 5.41 Å². The van der Waals surface area contributed by atoms with Crippen LogP contribution in [0.25, 0.3) is 0 Å². The van der Waals surface area contributed by atoms with Crippen molar-refractivity contribution in [3.63, 3.8) is 0 Å². The van der Waals surface area contributed by atoms with E-state index in [1.165, 1.54) is 7.11 Å². The molecule has 0 radical (unpaired) electrons. The van der Waals surface area contributed by atoms with Gasteiger partial charge in [0, 0.05) is 6.42 Å². The summed E-state index contributed by atoms with van der Waals surface area (Å²) in [5.74, 6) is 0.673. The number of rotatable bonds is 4. The fraction of sp³-hybridized carbons (Fsp3) is 0.200. The minimum Gasteiger partial charge on any atom is -0.497 e. The van der Waals surface area contributed by atoms with Gasteiger partial charge in [-0.25, -0.2) is 4.21 Å². The van der Waals surface area contributed by atoms with Crippen LogP contribution in [0.4, 0.5) is 0 Å². The summed E-state index contributed by atoms with van der Waals surface area (Å²) >= 11 is -2.61. The number of methoxy groups -OCH3 is 1. The number of benzene rings is 1. The van der Waals surface area contributed by atoms with Crippen LogP contribution >= 0.6 is 0 Å². The number of carbonyl (C=O) groups is 1. The third kappa shape index (κ3) is 3.25. The Kier molecular flexibility index (Phi) is 4.33. The topological polar surface area (TPSA) is 87.5 Å². The van der Waals surface area contributed by atoms with E-state index in [-0.39, 0.29) is 12.1 Å². The third-order valence-electron chi connectivity index (χ3n) is 1.94. The number of nitrogens with one attached hydrogen (secondary N) is 1. The van der Waals surface area contributed by atoms with Gasteiger partial charge in [0.25, 0.3) is 5.12 Å². The summed E-state index contributed by atoms with van der Waals surface area (Å²) in [4.78, 5) is 11.0. The Morgan fingerprint density at radius 3 is 2.44 bits per heavy atom. The Hall–Kier alpha value is -1.53. The van der Waals surface area contributed by atoms with Crippen LogP contribution in [0.3, 0.4) is 0 Å². The lowest BCUT2D eigenvalue weighted by Crippen LogP contribution is -2.19. The van der Waals surface area contributed by atoms with E-state index in [9.17, 15) is 9.00 Å². The van der Waals surface area contributed by atoms with Crippen LogP contribution < -0.4 is 4.74 Å². The molecule has 6 heteroatoms. The summed E-state index contributed by atoms with van der Waals surface area (Å²) in [6.07, 6.45) is 0.0368. The lowest BCUT2D eigenvalue weighted by molar-refractivity contribution is -0.106. The molecule has 1 aromatic carbocycles. The average Bonchev–Trinajstić information content (AvgIpc) is 2.28. The monoisotopic (exact) mass is 241 g/mol. The van der Waals surface area contributed by atoms with Crippen LogP contribution in [-0.4, -0.2) is 26.7 Å². The molecule has 0 aliphatic carbocycles. The molecular formula is C10H11NO4S. The zero-order valence-electron chi connectivity index (χ0n) is 8.60. The SMILES string of the molecule is COc1ccc(CC(=N)C(=O)S(=O)O)cc1. The van der Waals surface area contributed by atoms with E-state index in [2.05, 4.69) is 0 Å². The van der Waals surface area contributed by atoms with Gasteiger partial charge < -0.3 is 10.1 Å². The van der Waals surface area contributed by atoms with E-state index in [1.807, 2.05) is 0 Å². The molecule has 1 aromatic rings. The minimum atomic E-state index is -2.61. The van der Waals surface area contributed by atoms with E-state index >= 15 is 0 Å². The van der Waals surface area contributed by atoms with Crippen molar-refractivity contribution in [2.45, 2.75) is 6.42 Å². The second-order valence-electron chi connectivity index (χ2n) is 3.04. The van der Waals surface area contributed by atoms with Crippen molar-refractivity contribution >= 4 is 21.9 Å². The average molecular weight is 241 g/mol. The maximum absolute atomic E-state index is 11.0. The summed E-state index contributed by atoms with van der Waals surface area (Å²) in [5, 5.41) is 6.27. The largest absolute Gasteiger partial charge is 0.497 e. The lowest BCUT2D eigenvalue weighted by atomic mass is 10.1. The highest BCUT2D eigenvalue weighted by Gasteiger charge is 2.15. The standard InChI is InChI=1S/C10H11NO4S/c1-15-8-4-2-7(3-5-8)6-9(11)10(12)16(13)14/h2-5,11H,6H2,1H3,(H,13,14). The Morgan fingerprint density at radius 1 is 1.44 bits per heavy atom. The molecule has 5 nitrogen and oxygen atoms in total. The summed E-state index contributed by atoms with van der Waals surface area (Å²) < 4.78 is 23.9. The van der Waals surface area contributed by atoms with Crippen molar-refractivity contribution in [3.8, 4) is 5.75 Å². The van der Waals surface area contributed by atoms with Gasteiger partial charge in [0.1, 0.15) is 5.75 Å². The molecule has 0 aliphatic rings. The van der Waals surface area contributed by atoms with E-state index in [1.54, 1.807) is 24.3 Å². The van der Waals surface area contributed by atoms with Gasteiger partial charge in [-0.05, 0) is 17.7 Å². The van der Waals surface area contributed by atoms with Crippen molar-refractivity contribution in [2.75, 3.05) is 7.11 Å². The zero-order chi connectivity index (χ0) is 12.1. The molecule has 0 fully saturated rings. The molecule has 0 amide bonds. The first-order valence-corrected chi connectivity index (χ1v) is 5.51. The number of hydrogen-bond donors (Lipinski definition) is 2. The summed E-state index contributed by atoms with van der Waals surface area (Å²) in [7, 11) is 1.54. The molecule has 1 rings (SSSR count). The van der Waals surface area contributed by atoms with Gasteiger partial charge in [-0.1, -0.05) is 12.1 Å². The highest BCUT2D eigenvalue weighted by Crippen LogP contribution is 2.12. The van der Waals surface area contributed by atoms with E-state index in [4.69, 9.17) is 14.7 Å². The van der Waals surface area contributed by atoms with Gasteiger partial charge in [-0.3, -0.25) is 9.35 Å². The van der Waals surface area contributed by atoms with E-state index in [0.717, 1.165) is 0 Å². The molecule has 86 valence electrons. The molecule has 0 aliphatic heterocycles. The van der Waals surface area contributed by atoms with Crippen molar-refractivity contribution < 1.29 is 18.3 Å². The molecule has 0 aromatic heterocycles. The fourth-order valence-electron chi connectivity index (χ4n) is 1.13. The van der Waals surface area contributed by atoms with Crippen molar-refractivity contribution in [1.82, 2.24) is 0 Å².